The fourth-order valence-corrected chi connectivity index (χ4v) is 8.94. The lowest BCUT2D eigenvalue weighted by atomic mass is 10.3. The Hall–Kier alpha value is -2.62. The van der Waals surface area contributed by atoms with Gasteiger partial charge in [-0.3, -0.25) is 14.8 Å². The van der Waals surface area contributed by atoms with Gasteiger partial charge < -0.3 is 9.47 Å². The standard InChI is InChI=1S/C24H31N6O4P/c1-2-11-29-24(22-5-3-4-6-23(22)25-29)35(27-12-16-33-17-13-27,28-14-18-34-19-15-28)26-20-7-9-21(10-8-20)30(31)32/h3-10H,2,11-19H2,1H3. The molecule has 2 aliphatic heterocycles. The van der Waals surface area contributed by atoms with Crippen LogP contribution in [0, 0.1) is 10.1 Å². The van der Waals surface area contributed by atoms with Gasteiger partial charge in [-0.05, 0) is 24.6 Å². The van der Waals surface area contributed by atoms with Crippen molar-refractivity contribution in [1.82, 2.24) is 19.1 Å². The summed E-state index contributed by atoms with van der Waals surface area (Å²) in [7, 11) is -2.56. The minimum atomic E-state index is -2.56. The molecule has 5 rings (SSSR count). The van der Waals surface area contributed by atoms with Crippen LogP contribution in [0.3, 0.4) is 0 Å². The van der Waals surface area contributed by atoms with Gasteiger partial charge in [-0.2, -0.15) is 5.10 Å². The van der Waals surface area contributed by atoms with E-state index >= 15 is 0 Å². The van der Waals surface area contributed by atoms with Crippen molar-refractivity contribution in [1.29, 1.82) is 0 Å². The summed E-state index contributed by atoms with van der Waals surface area (Å²) < 4.78 is 24.2. The molecule has 0 spiro atoms. The van der Waals surface area contributed by atoms with Crippen LogP contribution in [0.4, 0.5) is 11.4 Å². The van der Waals surface area contributed by atoms with Gasteiger partial charge in [-0.15, -0.1) is 0 Å². The molecule has 0 saturated carbocycles. The second kappa shape index (κ2) is 10.6. The minimum absolute atomic E-state index is 0.0621. The molecule has 2 saturated heterocycles. The molecule has 2 aromatic carbocycles. The summed E-state index contributed by atoms with van der Waals surface area (Å²) in [4.78, 5) is 10.9. The van der Waals surface area contributed by atoms with E-state index in [1.54, 1.807) is 12.1 Å². The van der Waals surface area contributed by atoms with Gasteiger partial charge in [0.05, 0.1) is 42.6 Å². The molecule has 1 aromatic heterocycles. The van der Waals surface area contributed by atoms with Crippen molar-refractivity contribution in [3.63, 3.8) is 0 Å². The fraction of sp³-hybridized carbons (Fsp3) is 0.458. The molecule has 0 bridgehead atoms. The monoisotopic (exact) mass is 498 g/mol. The third-order valence-electron chi connectivity index (χ3n) is 6.42. The Bertz CT molecular complexity index is 1210. The molecule has 0 unspecified atom stereocenters. The van der Waals surface area contributed by atoms with Gasteiger partial charge in [0.2, 0.25) is 0 Å². The largest absolute Gasteiger partial charge is 0.379 e. The highest BCUT2D eigenvalue weighted by atomic mass is 31.2. The zero-order valence-corrected chi connectivity index (χ0v) is 20.8. The summed E-state index contributed by atoms with van der Waals surface area (Å²) in [6.07, 6.45) is 0.949. The van der Waals surface area contributed by atoms with E-state index in [-0.39, 0.29) is 10.6 Å². The van der Waals surface area contributed by atoms with E-state index in [4.69, 9.17) is 19.3 Å². The SMILES string of the molecule is CCCn1nc2ccccc2c1P(=Nc1ccc([N+](=O)[O-])cc1)(N1CCOCC1)N1CCOCC1. The molecule has 3 aromatic rings. The predicted molar refractivity (Wildman–Crippen MR) is 137 cm³/mol. The normalized spacial score (nSPS) is 18.1. The molecule has 3 heterocycles. The Kier molecular flexibility index (Phi) is 7.27. The molecule has 0 N–H and O–H groups in total. The molecule has 0 radical (unpaired) electrons. The van der Waals surface area contributed by atoms with Crippen molar-refractivity contribution >= 4 is 35.1 Å². The van der Waals surface area contributed by atoms with E-state index in [0.717, 1.165) is 61.2 Å². The first-order valence-electron chi connectivity index (χ1n) is 12.1. The number of non-ortho nitro benzene ring substituents is 1. The maximum atomic E-state index is 11.3. The van der Waals surface area contributed by atoms with E-state index in [1.807, 2.05) is 6.07 Å². The number of nitro benzene ring substituents is 1. The third-order valence-corrected chi connectivity index (χ3v) is 10.3. The first-order valence-corrected chi connectivity index (χ1v) is 13.8. The number of fused-ring (bicyclic) bond motifs is 1. The lowest BCUT2D eigenvalue weighted by Crippen LogP contribution is -2.47. The highest BCUT2D eigenvalue weighted by molar-refractivity contribution is 7.69. The van der Waals surface area contributed by atoms with Crippen molar-refractivity contribution in [3.8, 4) is 0 Å². The number of ether oxygens (including phenoxy) is 2. The summed E-state index contributed by atoms with van der Waals surface area (Å²) in [5.74, 6) is 0. The summed E-state index contributed by atoms with van der Waals surface area (Å²) in [6.45, 7) is 8.54. The average Bonchev–Trinajstić information content (AvgIpc) is 3.27. The topological polar surface area (TPSA) is 98.3 Å². The smallest absolute Gasteiger partial charge is 0.269 e. The van der Waals surface area contributed by atoms with Gasteiger partial charge in [-0.25, -0.2) is 14.1 Å². The second-order valence-electron chi connectivity index (χ2n) is 8.64. The Morgan fingerprint density at radius 2 is 1.57 bits per heavy atom. The number of morpholine rings is 2. The van der Waals surface area contributed by atoms with Gasteiger partial charge in [-0.1, -0.05) is 25.1 Å². The van der Waals surface area contributed by atoms with Crippen molar-refractivity contribution < 1.29 is 14.4 Å². The molecule has 0 amide bonds. The van der Waals surface area contributed by atoms with Crippen LogP contribution in [-0.2, 0) is 16.0 Å². The van der Waals surface area contributed by atoms with Crippen LogP contribution >= 0.6 is 7.36 Å². The lowest BCUT2D eigenvalue weighted by Gasteiger charge is -2.46. The number of benzene rings is 2. The predicted octanol–water partition coefficient (Wildman–Crippen LogP) is 4.01. The quantitative estimate of drug-likeness (QED) is 0.276. The fourth-order valence-electron chi connectivity index (χ4n) is 4.84. The van der Waals surface area contributed by atoms with Crippen LogP contribution in [0.1, 0.15) is 13.3 Å². The highest BCUT2D eigenvalue weighted by Crippen LogP contribution is 2.59. The zero-order valence-electron chi connectivity index (χ0n) is 20.0. The van der Waals surface area contributed by atoms with E-state index < -0.39 is 7.36 Å². The van der Waals surface area contributed by atoms with Crippen molar-refractivity contribution in [3.05, 3.63) is 58.6 Å². The number of nitro groups is 1. The number of hydrogen-bond acceptors (Lipinski definition) is 6. The molecule has 2 aliphatic rings. The summed E-state index contributed by atoms with van der Waals surface area (Å²) >= 11 is 0. The van der Waals surface area contributed by atoms with Gasteiger partial charge in [0, 0.05) is 50.2 Å². The van der Waals surface area contributed by atoms with Crippen LogP contribution in [0.5, 0.6) is 0 Å². The van der Waals surface area contributed by atoms with Gasteiger partial charge in [0.25, 0.3) is 5.69 Å². The Morgan fingerprint density at radius 1 is 0.971 bits per heavy atom. The van der Waals surface area contributed by atoms with Gasteiger partial charge in [0.15, 0.2) is 7.36 Å². The van der Waals surface area contributed by atoms with Crippen LogP contribution < -0.4 is 5.44 Å². The summed E-state index contributed by atoms with van der Waals surface area (Å²) in [5, 5.41) is 17.4. The summed E-state index contributed by atoms with van der Waals surface area (Å²) in [5.41, 5.74) is 2.89. The number of aromatic nitrogens is 2. The molecule has 35 heavy (non-hydrogen) atoms. The van der Waals surface area contributed by atoms with Crippen LogP contribution in [0.15, 0.2) is 53.3 Å². The molecular weight excluding hydrogens is 467 g/mol. The maximum absolute atomic E-state index is 11.3. The summed E-state index contributed by atoms with van der Waals surface area (Å²) in [6, 6.07) is 14.9. The number of hydrogen-bond donors (Lipinski definition) is 0. The Balaban J connectivity index is 1.82. The van der Waals surface area contributed by atoms with E-state index in [0.29, 0.717) is 26.4 Å². The second-order valence-corrected chi connectivity index (χ2v) is 11.5. The van der Waals surface area contributed by atoms with E-state index in [9.17, 15) is 10.1 Å². The minimum Gasteiger partial charge on any atom is -0.379 e. The molecule has 186 valence electrons. The van der Waals surface area contributed by atoms with E-state index in [1.165, 1.54) is 12.1 Å². The molecular formula is C24H31N6O4P. The van der Waals surface area contributed by atoms with Gasteiger partial charge >= 0.3 is 0 Å². The maximum Gasteiger partial charge on any atom is 0.269 e. The van der Waals surface area contributed by atoms with Crippen LogP contribution in [-0.4, -0.2) is 76.7 Å². The van der Waals surface area contributed by atoms with Crippen LogP contribution in [0.2, 0.25) is 0 Å². The van der Waals surface area contributed by atoms with Crippen LogP contribution in [0.25, 0.3) is 10.9 Å². The number of aryl methyl sites for hydroxylation is 1. The average molecular weight is 499 g/mol. The first-order chi connectivity index (χ1) is 17.1. The van der Waals surface area contributed by atoms with Gasteiger partial charge in [0.1, 0.15) is 5.44 Å². The van der Waals surface area contributed by atoms with Crippen molar-refractivity contribution in [2.75, 3.05) is 52.6 Å². The molecule has 10 nitrogen and oxygen atoms in total. The lowest BCUT2D eigenvalue weighted by molar-refractivity contribution is -0.384. The molecule has 0 aliphatic carbocycles. The first kappa shape index (κ1) is 24.1. The highest BCUT2D eigenvalue weighted by Gasteiger charge is 2.42. The molecule has 11 heteroatoms. The van der Waals surface area contributed by atoms with Crippen molar-refractivity contribution in [2.24, 2.45) is 4.74 Å². The molecule has 0 atom stereocenters. The van der Waals surface area contributed by atoms with Crippen molar-refractivity contribution in [2.45, 2.75) is 19.9 Å². The van der Waals surface area contributed by atoms with E-state index in [2.05, 4.69) is 39.1 Å². The Morgan fingerprint density at radius 3 is 2.14 bits per heavy atom. The third kappa shape index (κ3) is 4.64. The number of rotatable bonds is 7. The number of nitrogens with zero attached hydrogens (tertiary/aromatic N) is 6. The Labute approximate surface area is 204 Å². The zero-order chi connectivity index (χ0) is 24.3. The molecule has 2 fully saturated rings.